The van der Waals surface area contributed by atoms with E-state index in [1.54, 1.807) is 0 Å². The van der Waals surface area contributed by atoms with Crippen molar-refractivity contribution in [1.29, 1.82) is 0 Å². The quantitative estimate of drug-likeness (QED) is 0.670. The zero-order valence-electron chi connectivity index (χ0n) is 6.86. The maximum Gasteiger partial charge on any atom is 0.358 e. The predicted molar refractivity (Wildman–Crippen MR) is 41.4 cm³/mol. The SMILES string of the molecule is O=C(O)c1noc2c1C(O)CCC2. The zero-order chi connectivity index (χ0) is 9.42. The molecular formula is C8H9NO4. The molecule has 70 valence electrons. The molecule has 0 bridgehead atoms. The normalized spacial score (nSPS) is 21.2. The van der Waals surface area contributed by atoms with E-state index >= 15 is 0 Å². The highest BCUT2D eigenvalue weighted by molar-refractivity contribution is 5.87. The molecule has 2 N–H and O–H groups in total. The van der Waals surface area contributed by atoms with E-state index in [0.29, 0.717) is 24.2 Å². The van der Waals surface area contributed by atoms with Crippen molar-refractivity contribution in [2.75, 3.05) is 0 Å². The molecule has 0 amide bonds. The molecule has 2 rings (SSSR count). The van der Waals surface area contributed by atoms with Crippen molar-refractivity contribution in [1.82, 2.24) is 5.16 Å². The van der Waals surface area contributed by atoms with Gasteiger partial charge in [-0.15, -0.1) is 0 Å². The van der Waals surface area contributed by atoms with Crippen LogP contribution in [0.25, 0.3) is 0 Å². The molecule has 5 heteroatoms. The number of nitrogens with zero attached hydrogens (tertiary/aromatic N) is 1. The average Bonchev–Trinajstić information content (AvgIpc) is 2.49. The van der Waals surface area contributed by atoms with Crippen molar-refractivity contribution in [2.45, 2.75) is 25.4 Å². The van der Waals surface area contributed by atoms with Gasteiger partial charge in [-0.1, -0.05) is 5.16 Å². The van der Waals surface area contributed by atoms with Crippen molar-refractivity contribution in [3.05, 3.63) is 17.0 Å². The topological polar surface area (TPSA) is 83.6 Å². The number of fused-ring (bicyclic) bond motifs is 1. The van der Waals surface area contributed by atoms with Crippen molar-refractivity contribution in [3.8, 4) is 0 Å². The number of aliphatic hydroxyl groups is 1. The number of carboxylic acids is 1. The number of aliphatic hydroxyl groups excluding tert-OH is 1. The monoisotopic (exact) mass is 183 g/mol. The third kappa shape index (κ3) is 1.21. The highest BCUT2D eigenvalue weighted by atomic mass is 16.5. The van der Waals surface area contributed by atoms with Gasteiger partial charge in [0.05, 0.1) is 11.7 Å². The van der Waals surface area contributed by atoms with Crippen molar-refractivity contribution in [3.63, 3.8) is 0 Å². The molecular weight excluding hydrogens is 174 g/mol. The Morgan fingerprint density at radius 2 is 2.38 bits per heavy atom. The molecule has 1 unspecified atom stereocenters. The van der Waals surface area contributed by atoms with E-state index in [4.69, 9.17) is 9.63 Å². The van der Waals surface area contributed by atoms with Gasteiger partial charge in [0.1, 0.15) is 5.76 Å². The van der Waals surface area contributed by atoms with Gasteiger partial charge in [0.25, 0.3) is 0 Å². The van der Waals surface area contributed by atoms with Crippen LogP contribution >= 0.6 is 0 Å². The molecule has 1 heterocycles. The van der Waals surface area contributed by atoms with Crippen molar-refractivity contribution >= 4 is 5.97 Å². The fourth-order valence-electron chi connectivity index (χ4n) is 1.61. The van der Waals surface area contributed by atoms with Crippen LogP contribution in [0.1, 0.15) is 40.8 Å². The molecule has 1 aliphatic carbocycles. The number of hydrogen-bond acceptors (Lipinski definition) is 4. The average molecular weight is 183 g/mol. The Labute approximate surface area is 74.0 Å². The van der Waals surface area contributed by atoms with E-state index in [1.807, 2.05) is 0 Å². The molecule has 1 aliphatic rings. The molecule has 1 aromatic heterocycles. The Kier molecular flexibility index (Phi) is 1.81. The first-order valence-electron chi connectivity index (χ1n) is 4.10. The Bertz CT molecular complexity index is 344. The molecule has 0 fully saturated rings. The van der Waals surface area contributed by atoms with Gasteiger partial charge in [-0.2, -0.15) is 0 Å². The van der Waals surface area contributed by atoms with E-state index in [2.05, 4.69) is 5.16 Å². The summed E-state index contributed by atoms with van der Waals surface area (Å²) >= 11 is 0. The molecule has 1 atom stereocenters. The fraction of sp³-hybridized carbons (Fsp3) is 0.500. The number of carboxylic acid groups (broad SMARTS) is 1. The van der Waals surface area contributed by atoms with E-state index in [9.17, 15) is 9.90 Å². The van der Waals surface area contributed by atoms with Crippen LogP contribution in [0.15, 0.2) is 4.52 Å². The van der Waals surface area contributed by atoms with E-state index < -0.39 is 12.1 Å². The minimum atomic E-state index is -1.15. The molecule has 0 saturated carbocycles. The van der Waals surface area contributed by atoms with Crippen LogP contribution in [0.3, 0.4) is 0 Å². The predicted octanol–water partition coefficient (Wildman–Crippen LogP) is 0.742. The first kappa shape index (κ1) is 8.25. The summed E-state index contributed by atoms with van der Waals surface area (Å²) in [5.74, 6) is -0.637. The minimum absolute atomic E-state index is 0.151. The molecule has 0 spiro atoms. The second-order valence-corrected chi connectivity index (χ2v) is 3.08. The Morgan fingerprint density at radius 3 is 3.08 bits per heavy atom. The van der Waals surface area contributed by atoms with Gasteiger partial charge in [-0.25, -0.2) is 4.79 Å². The first-order valence-corrected chi connectivity index (χ1v) is 4.10. The maximum absolute atomic E-state index is 10.6. The number of aromatic carboxylic acids is 1. The maximum atomic E-state index is 10.6. The zero-order valence-corrected chi connectivity index (χ0v) is 6.86. The summed E-state index contributed by atoms with van der Waals surface area (Å²) in [6, 6.07) is 0. The lowest BCUT2D eigenvalue weighted by Gasteiger charge is -2.14. The number of carbonyl (C=O) groups is 1. The number of aryl methyl sites for hydroxylation is 1. The summed E-state index contributed by atoms with van der Waals surface area (Å²) in [5, 5.41) is 21.6. The minimum Gasteiger partial charge on any atom is -0.476 e. The second kappa shape index (κ2) is 2.85. The summed E-state index contributed by atoms with van der Waals surface area (Å²) in [7, 11) is 0. The van der Waals surface area contributed by atoms with Crippen LogP contribution in [-0.2, 0) is 6.42 Å². The summed E-state index contributed by atoms with van der Waals surface area (Å²) in [5.41, 5.74) is 0.209. The molecule has 13 heavy (non-hydrogen) atoms. The lowest BCUT2D eigenvalue weighted by Crippen LogP contribution is -2.11. The highest BCUT2D eigenvalue weighted by Crippen LogP contribution is 2.31. The van der Waals surface area contributed by atoms with Crippen LogP contribution in [0.4, 0.5) is 0 Å². The standard InChI is InChI=1S/C8H9NO4/c10-4-2-1-3-5-6(4)7(8(11)12)9-13-5/h4,10H,1-3H2,(H,11,12). The first-order chi connectivity index (χ1) is 6.20. The molecule has 0 saturated heterocycles. The number of hydrogen-bond donors (Lipinski definition) is 2. The summed E-state index contributed by atoms with van der Waals surface area (Å²) in [4.78, 5) is 10.6. The Morgan fingerprint density at radius 1 is 1.62 bits per heavy atom. The van der Waals surface area contributed by atoms with Gasteiger partial charge < -0.3 is 14.7 Å². The highest BCUT2D eigenvalue weighted by Gasteiger charge is 2.29. The summed E-state index contributed by atoms with van der Waals surface area (Å²) < 4.78 is 4.83. The molecule has 5 nitrogen and oxygen atoms in total. The van der Waals surface area contributed by atoms with Gasteiger partial charge in [0.2, 0.25) is 0 Å². The van der Waals surface area contributed by atoms with Crippen LogP contribution in [-0.4, -0.2) is 21.3 Å². The molecule has 0 radical (unpaired) electrons. The Balaban J connectivity index is 2.50. The van der Waals surface area contributed by atoms with Gasteiger partial charge in [-0.05, 0) is 12.8 Å². The fourth-order valence-corrected chi connectivity index (χ4v) is 1.61. The number of aromatic nitrogens is 1. The lowest BCUT2D eigenvalue weighted by atomic mass is 9.94. The van der Waals surface area contributed by atoms with Crippen molar-refractivity contribution < 1.29 is 19.5 Å². The summed E-state index contributed by atoms with van der Waals surface area (Å²) in [6.45, 7) is 0. The van der Waals surface area contributed by atoms with Crippen LogP contribution < -0.4 is 0 Å². The third-order valence-corrected chi connectivity index (χ3v) is 2.22. The van der Waals surface area contributed by atoms with Crippen LogP contribution in [0.2, 0.25) is 0 Å². The molecule has 1 aromatic rings. The van der Waals surface area contributed by atoms with Gasteiger partial charge >= 0.3 is 5.97 Å². The lowest BCUT2D eigenvalue weighted by molar-refractivity contribution is 0.0678. The van der Waals surface area contributed by atoms with Gasteiger partial charge in [0, 0.05) is 6.42 Å². The van der Waals surface area contributed by atoms with E-state index in [1.165, 1.54) is 0 Å². The largest absolute Gasteiger partial charge is 0.476 e. The van der Waals surface area contributed by atoms with Gasteiger partial charge in [-0.3, -0.25) is 0 Å². The Hall–Kier alpha value is -1.36. The molecule has 0 aromatic carbocycles. The van der Waals surface area contributed by atoms with E-state index in [0.717, 1.165) is 6.42 Å². The third-order valence-electron chi connectivity index (χ3n) is 2.22. The number of rotatable bonds is 1. The van der Waals surface area contributed by atoms with Crippen molar-refractivity contribution in [2.24, 2.45) is 0 Å². The van der Waals surface area contributed by atoms with Crippen LogP contribution in [0, 0.1) is 0 Å². The smallest absolute Gasteiger partial charge is 0.358 e. The summed E-state index contributed by atoms with van der Waals surface area (Å²) in [6.07, 6.45) is 1.31. The molecule has 0 aliphatic heterocycles. The van der Waals surface area contributed by atoms with E-state index in [-0.39, 0.29) is 5.69 Å². The second-order valence-electron chi connectivity index (χ2n) is 3.08. The van der Waals surface area contributed by atoms with Gasteiger partial charge in [0.15, 0.2) is 5.69 Å². The van der Waals surface area contributed by atoms with Crippen LogP contribution in [0.5, 0.6) is 0 Å².